The van der Waals surface area contributed by atoms with Crippen molar-refractivity contribution in [1.82, 2.24) is 5.32 Å². The quantitative estimate of drug-likeness (QED) is 0.881. The van der Waals surface area contributed by atoms with E-state index >= 15 is 0 Å². The number of carbonyl (C=O) groups excluding carboxylic acids is 1. The highest BCUT2D eigenvalue weighted by atomic mass is 79.9. The molecule has 1 aromatic rings. The topological polar surface area (TPSA) is 29.1 Å². The summed E-state index contributed by atoms with van der Waals surface area (Å²) in [6.07, 6.45) is 0. The van der Waals surface area contributed by atoms with Crippen molar-refractivity contribution in [3.05, 3.63) is 44.3 Å². The van der Waals surface area contributed by atoms with E-state index in [0.29, 0.717) is 21.6 Å². The second-order valence-corrected chi connectivity index (χ2v) is 5.21. The minimum atomic E-state index is -0.159. The molecule has 1 rings (SSSR count). The molecule has 0 unspecified atom stereocenters. The highest BCUT2D eigenvalue weighted by Gasteiger charge is 2.06. The van der Waals surface area contributed by atoms with Gasteiger partial charge in [0.05, 0.1) is 5.02 Å². The maximum atomic E-state index is 11.6. The summed E-state index contributed by atoms with van der Waals surface area (Å²) in [4.78, 5) is 11.6. The summed E-state index contributed by atoms with van der Waals surface area (Å²) in [5.41, 5.74) is 0.556. The standard InChI is InChI=1S/C10H8Br2ClNO/c1-6(11)5-14-10(15)7-2-3-9(13)8(12)4-7/h2-4H,1,5H2,(H,14,15). The van der Waals surface area contributed by atoms with Crippen LogP contribution in [0.15, 0.2) is 33.7 Å². The lowest BCUT2D eigenvalue weighted by atomic mass is 10.2. The molecule has 15 heavy (non-hydrogen) atoms. The zero-order valence-corrected chi connectivity index (χ0v) is 11.6. The molecule has 0 aliphatic rings. The molecule has 0 aromatic heterocycles. The third-order valence-corrected chi connectivity index (χ3v) is 3.12. The molecule has 1 aromatic carbocycles. The molecular weight excluding hydrogens is 345 g/mol. The maximum absolute atomic E-state index is 11.6. The summed E-state index contributed by atoms with van der Waals surface area (Å²) in [6, 6.07) is 5.01. The highest BCUT2D eigenvalue weighted by molar-refractivity contribution is 9.11. The largest absolute Gasteiger partial charge is 0.347 e. The fourth-order valence-electron chi connectivity index (χ4n) is 0.916. The van der Waals surface area contributed by atoms with E-state index in [1.54, 1.807) is 18.2 Å². The average Bonchev–Trinajstić information content (AvgIpc) is 2.18. The first-order chi connectivity index (χ1) is 7.00. The van der Waals surface area contributed by atoms with Crippen LogP contribution in [0.5, 0.6) is 0 Å². The number of amides is 1. The van der Waals surface area contributed by atoms with E-state index in [1.807, 2.05) is 0 Å². The van der Waals surface area contributed by atoms with Crippen LogP contribution in [0, 0.1) is 0 Å². The summed E-state index contributed by atoms with van der Waals surface area (Å²) in [6.45, 7) is 4.03. The molecule has 2 nitrogen and oxygen atoms in total. The van der Waals surface area contributed by atoms with Gasteiger partial charge in [-0.2, -0.15) is 0 Å². The number of carbonyl (C=O) groups is 1. The van der Waals surface area contributed by atoms with Gasteiger partial charge in [-0.15, -0.1) is 0 Å². The molecule has 0 radical (unpaired) electrons. The van der Waals surface area contributed by atoms with Gasteiger partial charge in [-0.25, -0.2) is 0 Å². The van der Waals surface area contributed by atoms with Crippen molar-refractivity contribution >= 4 is 49.4 Å². The number of hydrogen-bond donors (Lipinski definition) is 1. The summed E-state index contributed by atoms with van der Waals surface area (Å²) in [5, 5.41) is 3.28. The van der Waals surface area contributed by atoms with Crippen LogP contribution in [0.2, 0.25) is 5.02 Å². The van der Waals surface area contributed by atoms with Crippen LogP contribution in [0.4, 0.5) is 0 Å². The third-order valence-electron chi connectivity index (χ3n) is 1.62. The number of hydrogen-bond acceptors (Lipinski definition) is 1. The van der Waals surface area contributed by atoms with Crippen molar-refractivity contribution in [2.45, 2.75) is 0 Å². The first kappa shape index (κ1) is 12.7. The van der Waals surface area contributed by atoms with Crippen molar-refractivity contribution in [3.63, 3.8) is 0 Å². The smallest absolute Gasteiger partial charge is 0.251 e. The van der Waals surface area contributed by atoms with Gasteiger partial charge in [0, 0.05) is 21.1 Å². The molecule has 0 aliphatic heterocycles. The first-order valence-corrected chi connectivity index (χ1v) is 6.03. The Labute approximate surface area is 110 Å². The van der Waals surface area contributed by atoms with E-state index < -0.39 is 0 Å². The van der Waals surface area contributed by atoms with Gasteiger partial charge in [0.2, 0.25) is 0 Å². The molecule has 0 saturated heterocycles. The monoisotopic (exact) mass is 351 g/mol. The number of halogens is 3. The van der Waals surface area contributed by atoms with E-state index in [2.05, 4.69) is 43.8 Å². The van der Waals surface area contributed by atoms with Crippen LogP contribution in [-0.4, -0.2) is 12.5 Å². The second kappa shape index (κ2) is 5.68. The van der Waals surface area contributed by atoms with E-state index in [0.717, 1.165) is 4.48 Å². The molecule has 0 aliphatic carbocycles. The van der Waals surface area contributed by atoms with Crippen LogP contribution < -0.4 is 5.32 Å². The Balaban J connectivity index is 2.74. The Morgan fingerprint density at radius 1 is 1.53 bits per heavy atom. The Kier molecular flexibility index (Phi) is 4.83. The Morgan fingerprint density at radius 2 is 2.20 bits per heavy atom. The normalized spacial score (nSPS) is 9.80. The van der Waals surface area contributed by atoms with Crippen molar-refractivity contribution in [3.8, 4) is 0 Å². The van der Waals surface area contributed by atoms with Gasteiger partial charge < -0.3 is 5.32 Å². The molecule has 5 heteroatoms. The fraction of sp³-hybridized carbons (Fsp3) is 0.100. The predicted octanol–water partition coefficient (Wildman–Crippen LogP) is 3.74. The highest BCUT2D eigenvalue weighted by Crippen LogP contribution is 2.23. The van der Waals surface area contributed by atoms with Gasteiger partial charge in [-0.1, -0.05) is 34.1 Å². The first-order valence-electron chi connectivity index (χ1n) is 4.07. The van der Waals surface area contributed by atoms with Gasteiger partial charge >= 0.3 is 0 Å². The molecular formula is C10H8Br2ClNO. The Bertz CT molecular complexity index is 406. The summed E-state index contributed by atoms with van der Waals surface area (Å²) >= 11 is 12.2. The van der Waals surface area contributed by atoms with Gasteiger partial charge in [-0.3, -0.25) is 4.79 Å². The van der Waals surface area contributed by atoms with Gasteiger partial charge in [0.25, 0.3) is 5.91 Å². The molecule has 80 valence electrons. The average molecular weight is 353 g/mol. The number of nitrogens with one attached hydrogen (secondary N) is 1. The van der Waals surface area contributed by atoms with E-state index in [4.69, 9.17) is 11.6 Å². The van der Waals surface area contributed by atoms with E-state index in [9.17, 15) is 4.79 Å². The molecule has 0 bridgehead atoms. The van der Waals surface area contributed by atoms with Gasteiger partial charge in [0.1, 0.15) is 0 Å². The van der Waals surface area contributed by atoms with E-state index in [-0.39, 0.29) is 5.91 Å². The number of benzene rings is 1. The lowest BCUT2D eigenvalue weighted by molar-refractivity contribution is 0.0957. The molecule has 0 spiro atoms. The van der Waals surface area contributed by atoms with Crippen molar-refractivity contribution in [1.29, 1.82) is 0 Å². The van der Waals surface area contributed by atoms with Crippen LogP contribution in [-0.2, 0) is 0 Å². The summed E-state index contributed by atoms with van der Waals surface area (Å²) in [7, 11) is 0. The van der Waals surface area contributed by atoms with Crippen LogP contribution in [0.3, 0.4) is 0 Å². The third kappa shape index (κ3) is 3.97. The maximum Gasteiger partial charge on any atom is 0.251 e. The van der Waals surface area contributed by atoms with Crippen LogP contribution in [0.1, 0.15) is 10.4 Å². The Morgan fingerprint density at radius 3 is 2.73 bits per heavy atom. The lowest BCUT2D eigenvalue weighted by Crippen LogP contribution is -2.24. The fourth-order valence-corrected chi connectivity index (χ4v) is 1.55. The zero-order chi connectivity index (χ0) is 11.4. The van der Waals surface area contributed by atoms with E-state index in [1.165, 1.54) is 0 Å². The SMILES string of the molecule is C=C(Br)CNC(=O)c1ccc(Cl)c(Br)c1. The van der Waals surface area contributed by atoms with Gasteiger partial charge in [0.15, 0.2) is 0 Å². The van der Waals surface area contributed by atoms with Crippen LogP contribution >= 0.6 is 43.5 Å². The predicted molar refractivity (Wildman–Crippen MR) is 69.6 cm³/mol. The molecule has 0 fully saturated rings. The summed E-state index contributed by atoms with van der Waals surface area (Å²) < 4.78 is 1.43. The molecule has 1 N–H and O–H groups in total. The van der Waals surface area contributed by atoms with Crippen LogP contribution in [0.25, 0.3) is 0 Å². The molecule has 0 atom stereocenters. The van der Waals surface area contributed by atoms with Crippen molar-refractivity contribution in [2.75, 3.05) is 6.54 Å². The second-order valence-electron chi connectivity index (χ2n) is 2.83. The number of rotatable bonds is 3. The lowest BCUT2D eigenvalue weighted by Gasteiger charge is -2.04. The van der Waals surface area contributed by atoms with Crippen molar-refractivity contribution < 1.29 is 4.79 Å². The zero-order valence-electron chi connectivity index (χ0n) is 7.69. The minimum absolute atomic E-state index is 0.159. The van der Waals surface area contributed by atoms with Gasteiger partial charge in [-0.05, 0) is 34.1 Å². The minimum Gasteiger partial charge on any atom is -0.347 e. The molecule has 0 saturated carbocycles. The molecule has 0 heterocycles. The Hall–Kier alpha value is -0.320. The molecule has 1 amide bonds. The van der Waals surface area contributed by atoms with Crippen molar-refractivity contribution in [2.24, 2.45) is 0 Å². The summed E-state index contributed by atoms with van der Waals surface area (Å²) in [5.74, 6) is -0.159.